The van der Waals surface area contributed by atoms with Gasteiger partial charge in [0.2, 0.25) is 5.41 Å². The fourth-order valence-corrected chi connectivity index (χ4v) is 3.61. The van der Waals surface area contributed by atoms with Crippen molar-refractivity contribution in [2.24, 2.45) is 0 Å². The molecular weight excluding hydrogens is 340 g/mol. The van der Waals surface area contributed by atoms with Gasteiger partial charge in [0.15, 0.2) is 0 Å². The van der Waals surface area contributed by atoms with Crippen molar-refractivity contribution in [3.63, 3.8) is 0 Å². The van der Waals surface area contributed by atoms with Crippen molar-refractivity contribution in [2.75, 3.05) is 14.2 Å². The molecule has 1 aliphatic carbocycles. The van der Waals surface area contributed by atoms with Crippen LogP contribution in [0, 0.1) is 23.7 Å². The van der Waals surface area contributed by atoms with E-state index in [0.717, 1.165) is 22.3 Å². The van der Waals surface area contributed by atoms with Crippen LogP contribution in [0.1, 0.15) is 36.1 Å². The molecule has 0 radical (unpaired) electrons. The highest BCUT2D eigenvalue weighted by Crippen LogP contribution is 2.50. The lowest BCUT2D eigenvalue weighted by molar-refractivity contribution is -0.159. The van der Waals surface area contributed by atoms with Crippen molar-refractivity contribution in [2.45, 2.75) is 19.3 Å². The highest BCUT2D eigenvalue weighted by Gasteiger charge is 2.57. The van der Waals surface area contributed by atoms with Crippen LogP contribution in [-0.4, -0.2) is 26.2 Å². The van der Waals surface area contributed by atoms with E-state index >= 15 is 0 Å². The van der Waals surface area contributed by atoms with Gasteiger partial charge in [0.1, 0.15) is 0 Å². The average molecular weight is 358 g/mol. The molecule has 3 rings (SSSR count). The molecule has 0 aromatic heterocycles. The van der Waals surface area contributed by atoms with Crippen molar-refractivity contribution in [1.29, 1.82) is 0 Å². The van der Waals surface area contributed by atoms with Crippen molar-refractivity contribution in [3.8, 4) is 34.8 Å². The maximum atomic E-state index is 12.9. The van der Waals surface area contributed by atoms with E-state index in [0.29, 0.717) is 11.1 Å². The van der Waals surface area contributed by atoms with E-state index in [2.05, 4.69) is 23.7 Å². The van der Waals surface area contributed by atoms with E-state index in [1.165, 1.54) is 14.2 Å². The van der Waals surface area contributed by atoms with Crippen LogP contribution in [0.4, 0.5) is 0 Å². The third-order valence-electron chi connectivity index (χ3n) is 4.66. The smallest absolute Gasteiger partial charge is 0.332 e. The van der Waals surface area contributed by atoms with E-state index < -0.39 is 17.4 Å². The van der Waals surface area contributed by atoms with Gasteiger partial charge in [-0.25, -0.2) is 0 Å². The van der Waals surface area contributed by atoms with Crippen LogP contribution in [0.2, 0.25) is 0 Å². The standard InChI is InChI=1S/C23H18O4/c1-5-7-15-9-11-19-17(13-15)18-14-16(8-6-2)10-12-20(18)23(19,21(24)26-3)22(25)27-4/h9-14H,1-4H3. The largest absolute Gasteiger partial charge is 0.468 e. The lowest BCUT2D eigenvalue weighted by atomic mass is 9.78. The molecule has 1 aliphatic rings. The molecule has 0 atom stereocenters. The quantitative estimate of drug-likeness (QED) is 0.470. The van der Waals surface area contributed by atoms with Crippen molar-refractivity contribution < 1.29 is 19.1 Å². The first-order chi connectivity index (χ1) is 13.0. The minimum atomic E-state index is -1.66. The summed E-state index contributed by atoms with van der Waals surface area (Å²) in [5.74, 6) is 10.4. The van der Waals surface area contributed by atoms with Gasteiger partial charge in [-0.3, -0.25) is 9.59 Å². The Morgan fingerprint density at radius 1 is 0.778 bits per heavy atom. The van der Waals surface area contributed by atoms with E-state index in [4.69, 9.17) is 9.47 Å². The van der Waals surface area contributed by atoms with E-state index in [1.807, 2.05) is 12.1 Å². The molecule has 134 valence electrons. The highest BCUT2D eigenvalue weighted by molar-refractivity contribution is 6.15. The lowest BCUT2D eigenvalue weighted by Gasteiger charge is -2.26. The molecule has 0 aliphatic heterocycles. The Kier molecular flexibility index (Phi) is 4.75. The number of benzene rings is 2. The van der Waals surface area contributed by atoms with Crippen molar-refractivity contribution in [3.05, 3.63) is 58.7 Å². The first-order valence-electron chi connectivity index (χ1n) is 8.36. The Balaban J connectivity index is 2.45. The Morgan fingerprint density at radius 3 is 1.52 bits per heavy atom. The first kappa shape index (κ1) is 18.3. The number of esters is 2. The summed E-state index contributed by atoms with van der Waals surface area (Å²) in [4.78, 5) is 25.8. The Labute approximate surface area is 158 Å². The summed E-state index contributed by atoms with van der Waals surface area (Å²) in [6, 6.07) is 10.8. The summed E-state index contributed by atoms with van der Waals surface area (Å²) in [5.41, 5.74) is 2.48. The van der Waals surface area contributed by atoms with Gasteiger partial charge in [0.05, 0.1) is 14.2 Å². The van der Waals surface area contributed by atoms with Crippen LogP contribution in [0.25, 0.3) is 11.1 Å². The van der Waals surface area contributed by atoms with Gasteiger partial charge >= 0.3 is 11.9 Å². The molecule has 2 aromatic rings. The predicted molar refractivity (Wildman–Crippen MR) is 102 cm³/mol. The van der Waals surface area contributed by atoms with Gasteiger partial charge in [-0.15, -0.1) is 11.8 Å². The van der Waals surface area contributed by atoms with Crippen LogP contribution < -0.4 is 0 Å². The summed E-state index contributed by atoms with van der Waals surface area (Å²) in [5, 5.41) is 0. The second-order valence-electron chi connectivity index (χ2n) is 6.00. The van der Waals surface area contributed by atoms with Crippen LogP contribution in [0.15, 0.2) is 36.4 Å². The number of carbonyl (C=O) groups excluding carboxylic acids is 2. The van der Waals surface area contributed by atoms with Crippen LogP contribution in [0.5, 0.6) is 0 Å². The number of rotatable bonds is 2. The van der Waals surface area contributed by atoms with Gasteiger partial charge < -0.3 is 9.47 Å². The monoisotopic (exact) mass is 358 g/mol. The van der Waals surface area contributed by atoms with E-state index in [9.17, 15) is 9.59 Å². The normalized spacial score (nSPS) is 12.4. The average Bonchev–Trinajstić information content (AvgIpc) is 2.97. The van der Waals surface area contributed by atoms with E-state index in [-0.39, 0.29) is 0 Å². The molecule has 0 heterocycles. The summed E-state index contributed by atoms with van der Waals surface area (Å²) < 4.78 is 10.1. The topological polar surface area (TPSA) is 52.6 Å². The molecule has 4 heteroatoms. The third kappa shape index (κ3) is 2.58. The molecule has 0 amide bonds. The second kappa shape index (κ2) is 7.02. The van der Waals surface area contributed by atoms with Gasteiger partial charge in [-0.05, 0) is 60.4 Å². The van der Waals surface area contributed by atoms with Crippen LogP contribution >= 0.6 is 0 Å². The number of methoxy groups -OCH3 is 2. The zero-order chi connectivity index (χ0) is 19.6. The third-order valence-corrected chi connectivity index (χ3v) is 4.66. The fourth-order valence-electron chi connectivity index (χ4n) is 3.61. The second-order valence-corrected chi connectivity index (χ2v) is 6.00. The molecule has 0 N–H and O–H groups in total. The molecule has 4 nitrogen and oxygen atoms in total. The first-order valence-corrected chi connectivity index (χ1v) is 8.36. The lowest BCUT2D eigenvalue weighted by Crippen LogP contribution is -2.45. The highest BCUT2D eigenvalue weighted by atomic mass is 16.5. The maximum absolute atomic E-state index is 12.9. The number of fused-ring (bicyclic) bond motifs is 3. The maximum Gasteiger partial charge on any atom is 0.332 e. The Hall–Kier alpha value is -3.50. The van der Waals surface area contributed by atoms with Gasteiger partial charge in [-0.2, -0.15) is 0 Å². The number of carbonyl (C=O) groups is 2. The molecule has 0 saturated heterocycles. The SMILES string of the molecule is CC#Cc1ccc2c(c1)-c1cc(C#CC)ccc1C2(C(=O)OC)C(=O)OC. The van der Waals surface area contributed by atoms with Crippen molar-refractivity contribution in [1.82, 2.24) is 0 Å². The van der Waals surface area contributed by atoms with Crippen LogP contribution in [-0.2, 0) is 24.5 Å². The zero-order valence-corrected chi connectivity index (χ0v) is 15.6. The Morgan fingerprint density at radius 2 is 1.19 bits per heavy atom. The van der Waals surface area contributed by atoms with E-state index in [1.54, 1.807) is 38.1 Å². The zero-order valence-electron chi connectivity index (χ0n) is 15.6. The number of hydrogen-bond acceptors (Lipinski definition) is 4. The minimum Gasteiger partial charge on any atom is -0.468 e. The minimum absolute atomic E-state index is 0.527. The van der Waals surface area contributed by atoms with Gasteiger partial charge in [-0.1, -0.05) is 24.0 Å². The summed E-state index contributed by atoms with van der Waals surface area (Å²) >= 11 is 0. The molecule has 2 aromatic carbocycles. The molecule has 0 bridgehead atoms. The molecule has 27 heavy (non-hydrogen) atoms. The van der Waals surface area contributed by atoms with Gasteiger partial charge in [0, 0.05) is 11.1 Å². The predicted octanol–water partition coefficient (Wildman–Crippen LogP) is 3.04. The van der Waals surface area contributed by atoms with Gasteiger partial charge in [0.25, 0.3) is 0 Å². The summed E-state index contributed by atoms with van der Waals surface area (Å²) in [6.07, 6.45) is 0. The molecule has 0 spiro atoms. The fraction of sp³-hybridized carbons (Fsp3) is 0.217. The molecule has 0 unspecified atom stereocenters. The number of ether oxygens (including phenoxy) is 2. The number of hydrogen-bond donors (Lipinski definition) is 0. The van der Waals surface area contributed by atoms with Crippen molar-refractivity contribution >= 4 is 11.9 Å². The van der Waals surface area contributed by atoms with Crippen LogP contribution in [0.3, 0.4) is 0 Å². The molecular formula is C23H18O4. The summed E-state index contributed by atoms with van der Waals surface area (Å²) in [6.45, 7) is 3.51. The molecule has 0 saturated carbocycles. The molecule has 0 fully saturated rings. The Bertz CT molecular complexity index is 984. The summed E-state index contributed by atoms with van der Waals surface area (Å²) in [7, 11) is 2.52.